The van der Waals surface area contributed by atoms with Crippen LogP contribution in [-0.4, -0.2) is 67.6 Å². The predicted octanol–water partition coefficient (Wildman–Crippen LogP) is 4.75. The molecule has 1 fully saturated rings. The zero-order chi connectivity index (χ0) is 31.6. The molecule has 2 heterocycles. The van der Waals surface area contributed by atoms with Gasteiger partial charge in [-0.2, -0.15) is 4.98 Å². The Morgan fingerprint density at radius 3 is 2.55 bits per heavy atom. The van der Waals surface area contributed by atoms with Crippen LogP contribution in [0.3, 0.4) is 0 Å². The summed E-state index contributed by atoms with van der Waals surface area (Å²) in [5.74, 6) is 0.548. The van der Waals surface area contributed by atoms with Gasteiger partial charge in [0.05, 0.1) is 16.6 Å². The number of likely N-dealkylation sites (N-methyl/N-ethyl adjacent to an activating group) is 1. The Bertz CT molecular complexity index is 1610. The number of carbonyl (C=O) groups excluding carboxylic acids is 1. The Morgan fingerprint density at radius 1 is 1.18 bits per heavy atom. The molecule has 1 amide bonds. The van der Waals surface area contributed by atoms with E-state index in [2.05, 4.69) is 20.4 Å². The SMILES string of the molecule is CC[C@]12c3c(ccc(O)c3O[C@H]1/C(O)=C(\C)C(=O)NC(C)(C)c1nc(-c3ccccc3)no1)C[C@@H](N(C)CC1CC1)[C@@]2(C)O. The van der Waals surface area contributed by atoms with Gasteiger partial charge in [0.1, 0.15) is 11.3 Å². The predicted molar refractivity (Wildman–Crippen MR) is 164 cm³/mol. The maximum atomic E-state index is 13.7. The van der Waals surface area contributed by atoms with Crippen molar-refractivity contribution in [3.8, 4) is 22.9 Å². The molecule has 3 aromatic rings. The summed E-state index contributed by atoms with van der Waals surface area (Å²) in [6.45, 7) is 9.62. The molecule has 10 heteroatoms. The second-order valence-corrected chi connectivity index (χ2v) is 13.4. The summed E-state index contributed by atoms with van der Waals surface area (Å²) < 4.78 is 11.9. The summed E-state index contributed by atoms with van der Waals surface area (Å²) in [5, 5.41) is 42.2. The average molecular weight is 603 g/mol. The first-order valence-corrected chi connectivity index (χ1v) is 15.4. The second-order valence-electron chi connectivity index (χ2n) is 13.4. The van der Waals surface area contributed by atoms with Crippen molar-refractivity contribution in [1.82, 2.24) is 20.4 Å². The number of hydrogen-bond acceptors (Lipinski definition) is 9. The van der Waals surface area contributed by atoms with Gasteiger partial charge in [-0.15, -0.1) is 0 Å². The lowest BCUT2D eigenvalue weighted by atomic mass is 9.55. The summed E-state index contributed by atoms with van der Waals surface area (Å²) in [4.78, 5) is 20.4. The number of aliphatic hydroxyl groups excluding tert-OH is 1. The molecule has 1 saturated carbocycles. The van der Waals surface area contributed by atoms with Crippen molar-refractivity contribution in [3.05, 3.63) is 70.8 Å². The molecule has 0 unspecified atom stereocenters. The Morgan fingerprint density at radius 2 is 1.89 bits per heavy atom. The van der Waals surface area contributed by atoms with Gasteiger partial charge < -0.3 is 29.9 Å². The Balaban J connectivity index is 1.34. The Labute approximate surface area is 257 Å². The highest BCUT2D eigenvalue weighted by molar-refractivity contribution is 5.94. The van der Waals surface area contributed by atoms with Crippen molar-refractivity contribution in [3.63, 3.8) is 0 Å². The van der Waals surface area contributed by atoms with Crippen LogP contribution in [0, 0.1) is 5.92 Å². The average Bonchev–Trinajstić information content (AvgIpc) is 3.50. The standard InChI is InChI=1S/C34H42N4O6/c1-7-34-25-22(17-24(33(34,5)42)38(6)18-20-13-14-20)15-16-23(39)27(25)43-28(34)26(40)19(2)30(41)36-32(3,4)31-35-29(37-44-31)21-11-9-8-10-12-21/h8-12,15-16,20,24,28,39-40,42H,7,13-14,17-18H2,1-6H3,(H,36,41)/b26-19-/t24-,28+,33-,34+/m1/s1. The molecule has 4 atom stereocenters. The molecule has 1 aromatic heterocycles. The lowest BCUT2D eigenvalue weighted by Gasteiger charge is -2.54. The van der Waals surface area contributed by atoms with E-state index in [0.717, 1.165) is 17.7 Å². The number of nitrogens with one attached hydrogen (secondary N) is 1. The van der Waals surface area contributed by atoms with Crippen LogP contribution >= 0.6 is 0 Å². The molecular weight excluding hydrogens is 560 g/mol. The van der Waals surface area contributed by atoms with Crippen molar-refractivity contribution in [1.29, 1.82) is 0 Å². The third-order valence-electron chi connectivity index (χ3n) is 10.0. The van der Waals surface area contributed by atoms with Crippen molar-refractivity contribution >= 4 is 5.91 Å². The van der Waals surface area contributed by atoms with Crippen LogP contribution in [0.15, 0.2) is 58.3 Å². The van der Waals surface area contributed by atoms with Crippen molar-refractivity contribution in [2.75, 3.05) is 13.6 Å². The van der Waals surface area contributed by atoms with Gasteiger partial charge in [-0.25, -0.2) is 0 Å². The first kappa shape index (κ1) is 30.1. The first-order chi connectivity index (χ1) is 20.8. The maximum absolute atomic E-state index is 13.7. The van der Waals surface area contributed by atoms with Gasteiger partial charge in [-0.1, -0.05) is 48.5 Å². The van der Waals surface area contributed by atoms with E-state index in [9.17, 15) is 20.1 Å². The monoisotopic (exact) mass is 602 g/mol. The minimum atomic E-state index is -1.37. The fourth-order valence-corrected chi connectivity index (χ4v) is 7.32. The fourth-order valence-electron chi connectivity index (χ4n) is 7.32. The van der Waals surface area contributed by atoms with E-state index in [1.54, 1.807) is 26.8 Å². The molecule has 0 saturated heterocycles. The van der Waals surface area contributed by atoms with E-state index >= 15 is 0 Å². The summed E-state index contributed by atoms with van der Waals surface area (Å²) >= 11 is 0. The first-order valence-electron chi connectivity index (χ1n) is 15.4. The highest BCUT2D eigenvalue weighted by Crippen LogP contribution is 2.61. The molecule has 0 spiro atoms. The highest BCUT2D eigenvalue weighted by Gasteiger charge is 2.66. The van der Waals surface area contributed by atoms with Gasteiger partial charge in [0.2, 0.25) is 5.82 Å². The minimum Gasteiger partial charge on any atom is -0.508 e. The molecule has 3 aliphatic rings. The number of phenolic OH excluding ortho intramolecular Hbond substituents is 1. The van der Waals surface area contributed by atoms with E-state index in [-0.39, 0.29) is 34.8 Å². The van der Waals surface area contributed by atoms with Crippen molar-refractivity contribution < 1.29 is 29.4 Å². The third-order valence-corrected chi connectivity index (χ3v) is 10.0. The number of aromatic hydroxyl groups is 1. The van der Waals surface area contributed by atoms with Crippen LogP contribution in [0.2, 0.25) is 0 Å². The molecular formula is C34H42N4O6. The smallest absolute Gasteiger partial charge is 0.252 e. The van der Waals surface area contributed by atoms with Crippen LogP contribution in [-0.2, 0) is 22.2 Å². The van der Waals surface area contributed by atoms with Gasteiger partial charge in [-0.3, -0.25) is 9.69 Å². The molecule has 6 rings (SSSR count). The quantitative estimate of drug-likeness (QED) is 0.202. The number of aliphatic hydroxyl groups is 2. The molecule has 0 radical (unpaired) electrons. The molecule has 10 nitrogen and oxygen atoms in total. The number of aromatic nitrogens is 2. The number of nitrogens with zero attached hydrogens (tertiary/aromatic N) is 3. The number of carbonyl (C=O) groups is 1. The number of rotatable bonds is 9. The molecule has 0 bridgehead atoms. The third kappa shape index (κ3) is 4.66. The van der Waals surface area contributed by atoms with Crippen LogP contribution in [0.1, 0.15) is 70.9 Å². The molecule has 2 aromatic carbocycles. The Hall–Kier alpha value is -3.89. The number of ether oxygens (including phenoxy) is 1. The molecule has 2 aliphatic carbocycles. The molecule has 44 heavy (non-hydrogen) atoms. The number of phenols is 1. The summed E-state index contributed by atoms with van der Waals surface area (Å²) in [6, 6.07) is 12.6. The second kappa shape index (κ2) is 10.6. The Kier molecular flexibility index (Phi) is 7.28. The summed E-state index contributed by atoms with van der Waals surface area (Å²) in [6.07, 6.45) is 2.23. The maximum Gasteiger partial charge on any atom is 0.252 e. The summed E-state index contributed by atoms with van der Waals surface area (Å²) in [5.41, 5.74) is -1.10. The fraction of sp³-hybridized carbons (Fsp3) is 0.500. The number of hydrogen-bond donors (Lipinski definition) is 4. The van der Waals surface area contributed by atoms with Crippen LogP contribution in [0.5, 0.6) is 11.5 Å². The largest absolute Gasteiger partial charge is 0.508 e. The number of amides is 1. The highest BCUT2D eigenvalue weighted by atomic mass is 16.5. The lowest BCUT2D eigenvalue weighted by molar-refractivity contribution is -0.123. The van der Waals surface area contributed by atoms with Gasteiger partial charge in [0.25, 0.3) is 11.8 Å². The van der Waals surface area contributed by atoms with E-state index in [4.69, 9.17) is 9.26 Å². The van der Waals surface area contributed by atoms with Crippen molar-refractivity contribution in [2.45, 2.75) is 89.0 Å². The summed E-state index contributed by atoms with van der Waals surface area (Å²) in [7, 11) is 2.04. The van der Waals surface area contributed by atoms with Crippen molar-refractivity contribution in [2.24, 2.45) is 5.92 Å². The normalized spacial score (nSPS) is 26.6. The van der Waals surface area contributed by atoms with Crippen LogP contribution in [0.25, 0.3) is 11.4 Å². The zero-order valence-corrected chi connectivity index (χ0v) is 26.2. The van der Waals surface area contributed by atoms with E-state index in [1.807, 2.05) is 50.4 Å². The molecule has 4 N–H and O–H groups in total. The number of benzene rings is 2. The van der Waals surface area contributed by atoms with Gasteiger partial charge in [-0.05, 0) is 78.0 Å². The molecule has 234 valence electrons. The van der Waals surface area contributed by atoms with Crippen LogP contribution < -0.4 is 10.1 Å². The van der Waals surface area contributed by atoms with E-state index in [1.165, 1.54) is 19.8 Å². The van der Waals surface area contributed by atoms with Gasteiger partial charge >= 0.3 is 0 Å². The van der Waals surface area contributed by atoms with E-state index in [0.29, 0.717) is 30.1 Å². The zero-order valence-electron chi connectivity index (χ0n) is 26.2. The topological polar surface area (TPSA) is 141 Å². The van der Waals surface area contributed by atoms with Crippen LogP contribution in [0.4, 0.5) is 0 Å². The minimum absolute atomic E-state index is 0.0248. The van der Waals surface area contributed by atoms with Gasteiger partial charge in [0.15, 0.2) is 17.6 Å². The lowest BCUT2D eigenvalue weighted by Crippen LogP contribution is -2.68. The van der Waals surface area contributed by atoms with E-state index < -0.39 is 28.6 Å². The molecule has 1 aliphatic heterocycles. The van der Waals surface area contributed by atoms with Gasteiger partial charge in [0, 0.05) is 23.7 Å².